The molecule has 4 N–H and O–H groups in total. The number of dihydropyridines is 1. The van der Waals surface area contributed by atoms with Crippen LogP contribution in [0.25, 0.3) is 0 Å². The first-order chi connectivity index (χ1) is 7.07. The maximum atomic E-state index is 6.30. The number of hydrogen-bond donors (Lipinski definition) is 2. The van der Waals surface area contributed by atoms with Gasteiger partial charge in [0.2, 0.25) is 0 Å². The van der Waals surface area contributed by atoms with Crippen molar-refractivity contribution in [1.82, 2.24) is 0 Å². The van der Waals surface area contributed by atoms with Crippen molar-refractivity contribution in [1.29, 1.82) is 0 Å². The van der Waals surface area contributed by atoms with Gasteiger partial charge in [0.25, 0.3) is 0 Å². The second kappa shape index (κ2) is 3.35. The van der Waals surface area contributed by atoms with Crippen LogP contribution in [0.3, 0.4) is 0 Å². The van der Waals surface area contributed by atoms with E-state index in [9.17, 15) is 0 Å². The van der Waals surface area contributed by atoms with Crippen LogP contribution in [0.15, 0.2) is 40.6 Å². The van der Waals surface area contributed by atoms with E-state index in [-0.39, 0.29) is 6.04 Å². The van der Waals surface area contributed by atoms with Gasteiger partial charge in [0, 0.05) is 11.3 Å². The summed E-state index contributed by atoms with van der Waals surface area (Å²) in [5.74, 6) is 0. The van der Waals surface area contributed by atoms with Crippen LogP contribution in [-0.2, 0) is 0 Å². The molecule has 2 unspecified atom stereocenters. The highest BCUT2D eigenvalue weighted by atomic mass is 14.9. The highest BCUT2D eigenvalue weighted by Crippen LogP contribution is 2.28. The molecule has 1 heterocycles. The first kappa shape index (κ1) is 10.2. The molecule has 0 radical (unpaired) electrons. The third-order valence-electron chi connectivity index (χ3n) is 3.00. The Morgan fingerprint density at radius 1 is 1.53 bits per heavy atom. The van der Waals surface area contributed by atoms with Crippen molar-refractivity contribution in [2.24, 2.45) is 16.5 Å². The number of fused-ring (bicyclic) bond motifs is 1. The summed E-state index contributed by atoms with van der Waals surface area (Å²) in [6.45, 7) is 4.08. The maximum absolute atomic E-state index is 6.30. The van der Waals surface area contributed by atoms with Gasteiger partial charge in [-0.15, -0.1) is 0 Å². The normalized spacial score (nSPS) is 34.1. The lowest BCUT2D eigenvalue weighted by Crippen LogP contribution is -2.49. The van der Waals surface area contributed by atoms with Crippen molar-refractivity contribution in [3.63, 3.8) is 0 Å². The summed E-state index contributed by atoms with van der Waals surface area (Å²) in [6.07, 6.45) is 8.75. The summed E-state index contributed by atoms with van der Waals surface area (Å²) < 4.78 is 0. The monoisotopic (exact) mass is 203 g/mol. The van der Waals surface area contributed by atoms with Crippen molar-refractivity contribution in [2.45, 2.75) is 31.8 Å². The Morgan fingerprint density at radius 3 is 2.93 bits per heavy atom. The summed E-state index contributed by atoms with van der Waals surface area (Å²) in [5, 5.41) is 0. The van der Waals surface area contributed by atoms with Gasteiger partial charge in [-0.2, -0.15) is 0 Å². The number of allylic oxidation sites excluding steroid dienone is 3. The fraction of sp³-hybridized carbons (Fsp3) is 0.417. The molecule has 2 atom stereocenters. The van der Waals surface area contributed by atoms with Crippen LogP contribution in [0.1, 0.15) is 20.3 Å². The second-order valence-corrected chi connectivity index (χ2v) is 4.17. The number of nitrogens with zero attached hydrogens (tertiary/aromatic N) is 1. The van der Waals surface area contributed by atoms with Gasteiger partial charge in [0.1, 0.15) is 0 Å². The van der Waals surface area contributed by atoms with Crippen LogP contribution in [-0.4, -0.2) is 17.3 Å². The summed E-state index contributed by atoms with van der Waals surface area (Å²) in [6, 6.07) is 0.123. The molecule has 0 saturated carbocycles. The van der Waals surface area contributed by atoms with Gasteiger partial charge in [0.15, 0.2) is 0 Å². The summed E-state index contributed by atoms with van der Waals surface area (Å²) in [5.41, 5.74) is 14.5. The van der Waals surface area contributed by atoms with Crippen molar-refractivity contribution in [2.75, 3.05) is 0 Å². The van der Waals surface area contributed by atoms with E-state index in [0.29, 0.717) is 0 Å². The minimum Gasteiger partial charge on any atom is -0.398 e. The quantitative estimate of drug-likeness (QED) is 0.674. The molecule has 1 aliphatic heterocycles. The van der Waals surface area contributed by atoms with Gasteiger partial charge in [0.05, 0.1) is 17.3 Å². The average Bonchev–Trinajstić information content (AvgIpc) is 2.20. The molecule has 0 aromatic rings. The fourth-order valence-electron chi connectivity index (χ4n) is 2.02. The molecule has 0 aromatic carbocycles. The largest absolute Gasteiger partial charge is 0.398 e. The molecule has 3 nitrogen and oxygen atoms in total. The Morgan fingerprint density at radius 2 is 2.27 bits per heavy atom. The van der Waals surface area contributed by atoms with Crippen LogP contribution in [0.5, 0.6) is 0 Å². The summed E-state index contributed by atoms with van der Waals surface area (Å²) in [4.78, 5) is 4.59. The van der Waals surface area contributed by atoms with E-state index in [1.807, 2.05) is 31.2 Å². The molecule has 0 amide bonds. The van der Waals surface area contributed by atoms with Crippen LogP contribution in [0.4, 0.5) is 0 Å². The molecule has 2 rings (SSSR count). The van der Waals surface area contributed by atoms with Gasteiger partial charge in [-0.3, -0.25) is 4.99 Å². The van der Waals surface area contributed by atoms with E-state index in [1.54, 1.807) is 0 Å². The van der Waals surface area contributed by atoms with E-state index in [4.69, 9.17) is 11.5 Å². The van der Waals surface area contributed by atoms with E-state index in [1.165, 1.54) is 0 Å². The molecule has 2 aliphatic rings. The molecule has 0 bridgehead atoms. The lowest BCUT2D eigenvalue weighted by molar-refractivity contribution is 0.655. The predicted molar refractivity (Wildman–Crippen MR) is 63.6 cm³/mol. The molecule has 0 fully saturated rings. The number of nitrogens with two attached hydrogens (primary N) is 2. The zero-order valence-corrected chi connectivity index (χ0v) is 9.20. The summed E-state index contributed by atoms with van der Waals surface area (Å²) in [7, 11) is 0. The zero-order chi connectivity index (χ0) is 11.1. The van der Waals surface area contributed by atoms with E-state index < -0.39 is 5.54 Å². The zero-order valence-electron chi connectivity index (χ0n) is 9.20. The van der Waals surface area contributed by atoms with Crippen molar-refractivity contribution >= 4 is 5.71 Å². The van der Waals surface area contributed by atoms with Crippen LogP contribution < -0.4 is 11.5 Å². The minimum absolute atomic E-state index is 0.123. The van der Waals surface area contributed by atoms with E-state index in [2.05, 4.69) is 11.9 Å². The molecule has 15 heavy (non-hydrogen) atoms. The van der Waals surface area contributed by atoms with Gasteiger partial charge in [-0.1, -0.05) is 25.2 Å². The number of aliphatic imine (C=N–C) groups is 1. The van der Waals surface area contributed by atoms with E-state index >= 15 is 0 Å². The Hall–Kier alpha value is -1.35. The lowest BCUT2D eigenvalue weighted by Gasteiger charge is -2.33. The smallest absolute Gasteiger partial charge is 0.0772 e. The highest BCUT2D eigenvalue weighted by molar-refractivity contribution is 6.13. The fourth-order valence-corrected chi connectivity index (χ4v) is 2.02. The van der Waals surface area contributed by atoms with Crippen molar-refractivity contribution in [3.8, 4) is 0 Å². The highest BCUT2D eigenvalue weighted by Gasteiger charge is 2.33. The molecular formula is C12H17N3. The molecular weight excluding hydrogens is 186 g/mol. The van der Waals surface area contributed by atoms with Gasteiger partial charge < -0.3 is 11.5 Å². The van der Waals surface area contributed by atoms with Gasteiger partial charge in [-0.05, 0) is 19.4 Å². The molecule has 0 spiro atoms. The van der Waals surface area contributed by atoms with Crippen molar-refractivity contribution < 1.29 is 0 Å². The van der Waals surface area contributed by atoms with Crippen LogP contribution >= 0.6 is 0 Å². The Labute approximate surface area is 90.2 Å². The molecule has 3 heteroatoms. The third-order valence-corrected chi connectivity index (χ3v) is 3.00. The second-order valence-electron chi connectivity index (χ2n) is 4.17. The number of rotatable bonds is 1. The Kier molecular flexibility index (Phi) is 2.27. The standard InChI is InChI=1S/C12H17N3/c1-3-12(14)6-4-5-9-10(13)7-8(2)15-11(9)12/h4-8H,3,13-14H2,1-2H3. The lowest BCUT2D eigenvalue weighted by atomic mass is 9.80. The minimum atomic E-state index is -0.447. The average molecular weight is 203 g/mol. The maximum Gasteiger partial charge on any atom is 0.0772 e. The molecule has 80 valence electrons. The first-order valence-electron chi connectivity index (χ1n) is 5.31. The van der Waals surface area contributed by atoms with Crippen LogP contribution in [0.2, 0.25) is 0 Å². The molecule has 0 saturated heterocycles. The first-order valence-corrected chi connectivity index (χ1v) is 5.31. The van der Waals surface area contributed by atoms with E-state index in [0.717, 1.165) is 23.4 Å². The third kappa shape index (κ3) is 1.53. The van der Waals surface area contributed by atoms with Gasteiger partial charge in [-0.25, -0.2) is 0 Å². The molecule has 1 aliphatic carbocycles. The van der Waals surface area contributed by atoms with Crippen LogP contribution in [0, 0.1) is 0 Å². The SMILES string of the molecule is CCC1(N)C=CC=C2C(N)=CC(C)N=C21. The predicted octanol–water partition coefficient (Wildman–Crippen LogP) is 1.28. The topological polar surface area (TPSA) is 64.4 Å². The van der Waals surface area contributed by atoms with Gasteiger partial charge >= 0.3 is 0 Å². The molecule has 0 aromatic heterocycles. The summed E-state index contributed by atoms with van der Waals surface area (Å²) >= 11 is 0. The Bertz CT molecular complexity index is 401. The Balaban J connectivity index is 2.50. The number of hydrogen-bond acceptors (Lipinski definition) is 3. The van der Waals surface area contributed by atoms with Crippen molar-refractivity contribution in [3.05, 3.63) is 35.6 Å².